The number of ether oxygens (including phenoxy) is 1. The largest absolute Gasteiger partial charge is 0.465 e. The summed E-state index contributed by atoms with van der Waals surface area (Å²) in [7, 11) is 1.81. The molecule has 0 bridgehead atoms. The van der Waals surface area contributed by atoms with Crippen molar-refractivity contribution in [2.45, 2.75) is 33.9 Å². The summed E-state index contributed by atoms with van der Waals surface area (Å²) < 4.78 is 12.8. The van der Waals surface area contributed by atoms with Crippen molar-refractivity contribution < 1.29 is 9.15 Å². The first kappa shape index (κ1) is 14.6. The van der Waals surface area contributed by atoms with Crippen LogP contribution in [0.1, 0.15) is 30.9 Å². The van der Waals surface area contributed by atoms with E-state index in [1.807, 2.05) is 20.0 Å². The molecule has 0 aliphatic rings. The average molecular weight is 278 g/mol. The summed E-state index contributed by atoms with van der Waals surface area (Å²) in [6.45, 7) is 8.43. The van der Waals surface area contributed by atoms with Crippen LogP contribution in [0.3, 0.4) is 0 Å². The van der Waals surface area contributed by atoms with Crippen LogP contribution in [-0.2, 0) is 20.2 Å². The first-order valence-electron chi connectivity index (χ1n) is 6.82. The van der Waals surface area contributed by atoms with E-state index < -0.39 is 0 Å². The highest BCUT2D eigenvalue weighted by molar-refractivity contribution is 5.20. The Morgan fingerprint density at radius 1 is 1.45 bits per heavy atom. The summed E-state index contributed by atoms with van der Waals surface area (Å²) in [5.74, 6) is 2.43. The quantitative estimate of drug-likeness (QED) is 0.839. The topological polar surface area (TPSA) is 65.1 Å². The molecule has 2 rings (SSSR count). The highest BCUT2D eigenvalue weighted by Crippen LogP contribution is 2.16. The van der Waals surface area contributed by atoms with Crippen molar-refractivity contribution in [3.8, 4) is 6.01 Å². The number of rotatable bonds is 7. The van der Waals surface area contributed by atoms with Gasteiger partial charge in [-0.3, -0.25) is 4.68 Å². The molecule has 0 amide bonds. The fourth-order valence-corrected chi connectivity index (χ4v) is 1.83. The summed E-state index contributed by atoms with van der Waals surface area (Å²) in [6.07, 6.45) is 1.61. The summed E-state index contributed by atoms with van der Waals surface area (Å²) in [5.41, 5.74) is 1.03. The van der Waals surface area contributed by atoms with E-state index in [9.17, 15) is 0 Å². The van der Waals surface area contributed by atoms with Gasteiger partial charge < -0.3 is 14.5 Å². The molecule has 0 aromatic carbocycles. The van der Waals surface area contributed by atoms with E-state index in [1.54, 1.807) is 11.0 Å². The third-order valence-corrected chi connectivity index (χ3v) is 2.86. The monoisotopic (exact) mass is 278 g/mol. The standard InChI is InChI=1S/C14H22N4O2/c1-10(2)6-15-7-13-5-12(11(3)20-13)8-19-14-16-9-18(4)17-14/h5,9-10,15H,6-8H2,1-4H3. The zero-order valence-electron chi connectivity index (χ0n) is 12.5. The normalized spacial score (nSPS) is 11.2. The molecule has 0 aliphatic carbocycles. The molecular formula is C14H22N4O2. The molecule has 0 atom stereocenters. The first-order valence-corrected chi connectivity index (χ1v) is 6.82. The molecule has 0 saturated heterocycles. The van der Waals surface area contributed by atoms with Crippen molar-refractivity contribution in [1.29, 1.82) is 0 Å². The van der Waals surface area contributed by atoms with Gasteiger partial charge in [-0.15, -0.1) is 5.10 Å². The van der Waals surface area contributed by atoms with Crippen molar-refractivity contribution in [2.75, 3.05) is 6.54 Å². The van der Waals surface area contributed by atoms with E-state index >= 15 is 0 Å². The van der Waals surface area contributed by atoms with Crippen LogP contribution in [0.2, 0.25) is 0 Å². The maximum absolute atomic E-state index is 5.70. The van der Waals surface area contributed by atoms with Crippen molar-refractivity contribution in [3.05, 3.63) is 29.5 Å². The van der Waals surface area contributed by atoms with Crippen LogP contribution in [0.25, 0.3) is 0 Å². The van der Waals surface area contributed by atoms with Crippen LogP contribution >= 0.6 is 0 Å². The highest BCUT2D eigenvalue weighted by Gasteiger charge is 2.09. The lowest BCUT2D eigenvalue weighted by Gasteiger charge is -2.04. The van der Waals surface area contributed by atoms with Gasteiger partial charge in [0.05, 0.1) is 6.54 Å². The van der Waals surface area contributed by atoms with Gasteiger partial charge in [0.1, 0.15) is 24.5 Å². The molecule has 0 aliphatic heterocycles. The van der Waals surface area contributed by atoms with Crippen molar-refractivity contribution in [3.63, 3.8) is 0 Å². The molecule has 0 spiro atoms. The Hall–Kier alpha value is -1.82. The Morgan fingerprint density at radius 3 is 2.90 bits per heavy atom. The number of nitrogens with zero attached hydrogens (tertiary/aromatic N) is 3. The molecule has 1 N–H and O–H groups in total. The molecule has 6 heteroatoms. The fourth-order valence-electron chi connectivity index (χ4n) is 1.83. The number of hydrogen-bond acceptors (Lipinski definition) is 5. The summed E-state index contributed by atoms with van der Waals surface area (Å²) in [6, 6.07) is 2.40. The van der Waals surface area contributed by atoms with E-state index in [1.165, 1.54) is 0 Å². The van der Waals surface area contributed by atoms with E-state index in [2.05, 4.69) is 29.2 Å². The minimum atomic E-state index is 0.382. The second-order valence-electron chi connectivity index (χ2n) is 5.31. The molecule has 2 aromatic heterocycles. The summed E-state index contributed by atoms with van der Waals surface area (Å²) >= 11 is 0. The van der Waals surface area contributed by atoms with E-state index in [0.717, 1.165) is 30.2 Å². The van der Waals surface area contributed by atoms with Gasteiger partial charge >= 0.3 is 6.01 Å². The molecule has 6 nitrogen and oxygen atoms in total. The number of nitrogens with one attached hydrogen (secondary N) is 1. The van der Waals surface area contributed by atoms with Crippen LogP contribution in [0, 0.1) is 12.8 Å². The lowest BCUT2D eigenvalue weighted by Crippen LogP contribution is -2.18. The Labute approximate surface area is 119 Å². The molecule has 0 fully saturated rings. The second-order valence-corrected chi connectivity index (χ2v) is 5.31. The molecule has 2 aromatic rings. The Balaban J connectivity index is 1.87. The Kier molecular flexibility index (Phi) is 4.79. The van der Waals surface area contributed by atoms with Crippen molar-refractivity contribution in [2.24, 2.45) is 13.0 Å². The minimum absolute atomic E-state index is 0.382. The van der Waals surface area contributed by atoms with Gasteiger partial charge in [0.25, 0.3) is 0 Å². The number of aryl methyl sites for hydroxylation is 2. The van der Waals surface area contributed by atoms with E-state index in [4.69, 9.17) is 9.15 Å². The SMILES string of the molecule is Cc1oc(CNCC(C)C)cc1COc1ncn(C)n1. The third-order valence-electron chi connectivity index (χ3n) is 2.86. The van der Waals surface area contributed by atoms with Crippen molar-refractivity contribution >= 4 is 0 Å². The van der Waals surface area contributed by atoms with Crippen LogP contribution in [-0.4, -0.2) is 21.3 Å². The van der Waals surface area contributed by atoms with Gasteiger partial charge in [-0.25, -0.2) is 0 Å². The minimum Gasteiger partial charge on any atom is -0.465 e. The maximum Gasteiger partial charge on any atom is 0.335 e. The predicted molar refractivity (Wildman–Crippen MR) is 75.3 cm³/mol. The lowest BCUT2D eigenvalue weighted by molar-refractivity contribution is 0.277. The zero-order chi connectivity index (χ0) is 14.5. The molecule has 0 unspecified atom stereocenters. The van der Waals surface area contributed by atoms with Crippen LogP contribution in [0.15, 0.2) is 16.8 Å². The van der Waals surface area contributed by atoms with Crippen LogP contribution < -0.4 is 10.1 Å². The van der Waals surface area contributed by atoms with E-state index in [-0.39, 0.29) is 0 Å². The van der Waals surface area contributed by atoms with E-state index in [0.29, 0.717) is 18.5 Å². The smallest absolute Gasteiger partial charge is 0.335 e. The maximum atomic E-state index is 5.70. The first-order chi connectivity index (χ1) is 9.54. The molecular weight excluding hydrogens is 256 g/mol. The van der Waals surface area contributed by atoms with Crippen molar-refractivity contribution in [1.82, 2.24) is 20.1 Å². The Bertz CT molecular complexity index is 545. The molecule has 110 valence electrons. The second kappa shape index (κ2) is 6.56. The van der Waals surface area contributed by atoms with Crippen LogP contribution in [0.4, 0.5) is 0 Å². The zero-order valence-corrected chi connectivity index (χ0v) is 12.5. The van der Waals surface area contributed by atoms with Gasteiger partial charge in [-0.05, 0) is 25.5 Å². The third kappa shape index (κ3) is 4.09. The molecule has 2 heterocycles. The lowest BCUT2D eigenvalue weighted by atomic mass is 10.2. The fraction of sp³-hybridized carbons (Fsp3) is 0.571. The molecule has 0 radical (unpaired) electrons. The Morgan fingerprint density at radius 2 is 2.25 bits per heavy atom. The molecule has 0 saturated carbocycles. The highest BCUT2D eigenvalue weighted by atomic mass is 16.5. The summed E-state index contributed by atoms with van der Waals surface area (Å²) in [4.78, 5) is 4.02. The predicted octanol–water partition coefficient (Wildman–Crippen LogP) is 2.04. The van der Waals surface area contributed by atoms with Gasteiger partial charge in [0.15, 0.2) is 0 Å². The van der Waals surface area contributed by atoms with Gasteiger partial charge in [-0.1, -0.05) is 13.8 Å². The number of furan rings is 1. The number of aromatic nitrogens is 3. The van der Waals surface area contributed by atoms with Crippen LogP contribution in [0.5, 0.6) is 6.01 Å². The van der Waals surface area contributed by atoms with Gasteiger partial charge in [-0.2, -0.15) is 4.98 Å². The summed E-state index contributed by atoms with van der Waals surface area (Å²) in [5, 5.41) is 7.43. The molecule has 20 heavy (non-hydrogen) atoms. The van der Waals surface area contributed by atoms with Gasteiger partial charge in [0.2, 0.25) is 0 Å². The van der Waals surface area contributed by atoms with Gasteiger partial charge in [0, 0.05) is 12.6 Å². The average Bonchev–Trinajstić information content (AvgIpc) is 2.93. The number of hydrogen-bond donors (Lipinski definition) is 1.